The van der Waals surface area contributed by atoms with Gasteiger partial charge in [0.05, 0.1) is 16.4 Å². The van der Waals surface area contributed by atoms with Crippen LogP contribution in [0.4, 0.5) is 11.6 Å². The zero-order valence-electron chi connectivity index (χ0n) is 12.2. The predicted octanol–water partition coefficient (Wildman–Crippen LogP) is 4.67. The summed E-state index contributed by atoms with van der Waals surface area (Å²) in [5, 5.41) is 4.48. The van der Waals surface area contributed by atoms with E-state index < -0.39 is 0 Å². The summed E-state index contributed by atoms with van der Waals surface area (Å²) >= 11 is 12.2. The average Bonchev–Trinajstić information content (AvgIpc) is 2.79. The fourth-order valence-electron chi connectivity index (χ4n) is 2.01. The Morgan fingerprint density at radius 3 is 2.90 bits per heavy atom. The number of aromatic nitrogens is 2. The minimum absolute atomic E-state index is 0.612. The zero-order valence-corrected chi connectivity index (χ0v) is 13.7. The molecule has 1 N–H and O–H groups in total. The molecule has 0 amide bonds. The van der Waals surface area contributed by atoms with E-state index in [1.807, 2.05) is 20.0 Å². The molecule has 21 heavy (non-hydrogen) atoms. The number of hydrogen-bond acceptors (Lipinski definition) is 3. The summed E-state index contributed by atoms with van der Waals surface area (Å²) in [7, 11) is 0. The van der Waals surface area contributed by atoms with Gasteiger partial charge in [-0.05, 0) is 38.5 Å². The molecule has 1 aromatic carbocycles. The second kappa shape index (κ2) is 7.69. The van der Waals surface area contributed by atoms with Crippen molar-refractivity contribution in [3.8, 4) is 0 Å². The van der Waals surface area contributed by atoms with E-state index in [1.165, 1.54) is 0 Å². The van der Waals surface area contributed by atoms with E-state index in [2.05, 4.69) is 14.9 Å². The summed E-state index contributed by atoms with van der Waals surface area (Å²) in [6.07, 6.45) is 2.94. The van der Waals surface area contributed by atoms with Crippen LogP contribution in [0.2, 0.25) is 10.0 Å². The van der Waals surface area contributed by atoms with Gasteiger partial charge in [0.1, 0.15) is 0 Å². The van der Waals surface area contributed by atoms with Crippen LogP contribution in [0, 0.1) is 6.92 Å². The highest BCUT2D eigenvalue weighted by Crippen LogP contribution is 2.28. The quantitative estimate of drug-likeness (QED) is 0.751. The molecule has 1 aromatic heterocycles. The summed E-state index contributed by atoms with van der Waals surface area (Å²) in [6.45, 7) is 6.28. The van der Waals surface area contributed by atoms with Gasteiger partial charge in [-0.3, -0.25) is 0 Å². The molecule has 0 aliphatic rings. The number of ether oxygens (including phenoxy) is 1. The Morgan fingerprint density at radius 1 is 1.33 bits per heavy atom. The van der Waals surface area contributed by atoms with Crippen LogP contribution >= 0.6 is 23.2 Å². The third-order valence-corrected chi connectivity index (χ3v) is 3.53. The Bertz CT molecular complexity index is 599. The molecular formula is C15H19Cl2N3O. The van der Waals surface area contributed by atoms with Crippen LogP contribution in [-0.4, -0.2) is 22.8 Å². The number of halogens is 2. The molecule has 0 aliphatic heterocycles. The van der Waals surface area contributed by atoms with E-state index in [0.717, 1.165) is 43.5 Å². The maximum atomic E-state index is 6.17. The maximum Gasteiger partial charge on any atom is 0.207 e. The minimum Gasteiger partial charge on any atom is -0.382 e. The number of hydrogen-bond donors (Lipinski definition) is 1. The van der Waals surface area contributed by atoms with Crippen molar-refractivity contribution in [2.45, 2.75) is 26.8 Å². The van der Waals surface area contributed by atoms with Crippen LogP contribution < -0.4 is 5.32 Å². The third-order valence-electron chi connectivity index (χ3n) is 2.96. The van der Waals surface area contributed by atoms with Crippen molar-refractivity contribution in [1.82, 2.24) is 9.55 Å². The first-order chi connectivity index (χ1) is 10.1. The molecule has 0 saturated heterocycles. The summed E-state index contributed by atoms with van der Waals surface area (Å²) in [6, 6.07) is 5.31. The second-order valence-electron chi connectivity index (χ2n) is 4.70. The highest BCUT2D eigenvalue weighted by atomic mass is 35.5. The van der Waals surface area contributed by atoms with Gasteiger partial charge in [0.15, 0.2) is 0 Å². The van der Waals surface area contributed by atoms with Crippen LogP contribution in [0.1, 0.15) is 19.0 Å². The lowest BCUT2D eigenvalue weighted by Gasteiger charge is -2.11. The second-order valence-corrected chi connectivity index (χ2v) is 5.54. The van der Waals surface area contributed by atoms with Crippen molar-refractivity contribution >= 4 is 34.8 Å². The third kappa shape index (κ3) is 4.63. The molecule has 0 radical (unpaired) electrons. The smallest absolute Gasteiger partial charge is 0.207 e. The Morgan fingerprint density at radius 2 is 2.14 bits per heavy atom. The monoisotopic (exact) mass is 327 g/mol. The topological polar surface area (TPSA) is 39.1 Å². The van der Waals surface area contributed by atoms with E-state index >= 15 is 0 Å². The number of nitrogens with one attached hydrogen (secondary N) is 1. The van der Waals surface area contributed by atoms with Gasteiger partial charge in [-0.2, -0.15) is 0 Å². The SMILES string of the molecule is CCOCCCn1cc(C)nc1Nc1cc(Cl)ccc1Cl. The van der Waals surface area contributed by atoms with Gasteiger partial charge in [0, 0.05) is 31.0 Å². The predicted molar refractivity (Wildman–Crippen MR) is 87.8 cm³/mol. The van der Waals surface area contributed by atoms with Crippen molar-refractivity contribution in [1.29, 1.82) is 0 Å². The molecule has 114 valence electrons. The molecule has 4 nitrogen and oxygen atoms in total. The van der Waals surface area contributed by atoms with Crippen LogP contribution in [0.5, 0.6) is 0 Å². The number of nitrogens with zero attached hydrogens (tertiary/aromatic N) is 2. The van der Waals surface area contributed by atoms with E-state index in [9.17, 15) is 0 Å². The van der Waals surface area contributed by atoms with Crippen molar-refractivity contribution in [2.24, 2.45) is 0 Å². The highest BCUT2D eigenvalue weighted by molar-refractivity contribution is 6.35. The fourth-order valence-corrected chi connectivity index (χ4v) is 2.35. The van der Waals surface area contributed by atoms with Crippen molar-refractivity contribution in [3.05, 3.63) is 40.1 Å². The largest absolute Gasteiger partial charge is 0.382 e. The Balaban J connectivity index is 2.10. The average molecular weight is 328 g/mol. The van der Waals surface area contributed by atoms with Gasteiger partial charge in [-0.25, -0.2) is 4.98 Å². The fraction of sp³-hybridized carbons (Fsp3) is 0.400. The van der Waals surface area contributed by atoms with Gasteiger partial charge >= 0.3 is 0 Å². The molecule has 1 heterocycles. The van der Waals surface area contributed by atoms with Crippen molar-refractivity contribution < 1.29 is 4.74 Å². The summed E-state index contributed by atoms with van der Waals surface area (Å²) < 4.78 is 7.42. The minimum atomic E-state index is 0.612. The van der Waals surface area contributed by atoms with Crippen molar-refractivity contribution in [2.75, 3.05) is 18.5 Å². The Hall–Kier alpha value is -1.23. The lowest BCUT2D eigenvalue weighted by atomic mass is 10.3. The van der Waals surface area contributed by atoms with Crippen LogP contribution in [0.25, 0.3) is 0 Å². The van der Waals surface area contributed by atoms with Crippen molar-refractivity contribution in [3.63, 3.8) is 0 Å². The van der Waals surface area contributed by atoms with E-state index in [0.29, 0.717) is 10.0 Å². The molecule has 0 unspecified atom stereocenters. The molecule has 0 saturated carbocycles. The van der Waals surface area contributed by atoms with E-state index in [4.69, 9.17) is 27.9 Å². The first kappa shape index (κ1) is 16.1. The normalized spacial score (nSPS) is 10.9. The molecule has 0 aliphatic carbocycles. The Kier molecular flexibility index (Phi) is 5.91. The first-order valence-electron chi connectivity index (χ1n) is 6.93. The highest BCUT2D eigenvalue weighted by Gasteiger charge is 2.08. The lowest BCUT2D eigenvalue weighted by Crippen LogP contribution is -2.06. The van der Waals surface area contributed by atoms with E-state index in [-0.39, 0.29) is 0 Å². The Labute approximate surface area is 135 Å². The number of imidazole rings is 1. The number of aryl methyl sites for hydroxylation is 2. The van der Waals surface area contributed by atoms with Crippen LogP contribution in [0.15, 0.2) is 24.4 Å². The zero-order chi connectivity index (χ0) is 15.2. The van der Waals surface area contributed by atoms with Gasteiger partial charge < -0.3 is 14.6 Å². The van der Waals surface area contributed by atoms with E-state index in [1.54, 1.807) is 18.2 Å². The molecule has 0 atom stereocenters. The van der Waals surface area contributed by atoms with Crippen LogP contribution in [0.3, 0.4) is 0 Å². The molecule has 0 bridgehead atoms. The standard InChI is InChI=1S/C15H19Cl2N3O/c1-3-21-8-4-7-20-10-11(2)18-15(20)19-14-9-12(16)5-6-13(14)17/h5-6,9-10H,3-4,7-8H2,1-2H3,(H,18,19). The number of benzene rings is 1. The molecular weight excluding hydrogens is 309 g/mol. The molecule has 6 heteroatoms. The lowest BCUT2D eigenvalue weighted by molar-refractivity contribution is 0.142. The summed E-state index contributed by atoms with van der Waals surface area (Å²) in [4.78, 5) is 4.48. The van der Waals surface area contributed by atoms with Gasteiger partial charge in [-0.1, -0.05) is 23.2 Å². The maximum absolute atomic E-state index is 6.17. The molecule has 0 fully saturated rings. The first-order valence-corrected chi connectivity index (χ1v) is 7.69. The van der Waals surface area contributed by atoms with Gasteiger partial charge in [0.25, 0.3) is 0 Å². The summed E-state index contributed by atoms with van der Waals surface area (Å²) in [5.74, 6) is 0.758. The number of rotatable bonds is 7. The van der Waals surface area contributed by atoms with Gasteiger partial charge in [0.2, 0.25) is 5.95 Å². The molecule has 2 rings (SSSR count). The van der Waals surface area contributed by atoms with Crippen LogP contribution in [-0.2, 0) is 11.3 Å². The molecule has 0 spiro atoms. The molecule has 2 aromatic rings. The number of anilines is 2. The summed E-state index contributed by atoms with van der Waals surface area (Å²) in [5.41, 5.74) is 1.70. The van der Waals surface area contributed by atoms with Gasteiger partial charge in [-0.15, -0.1) is 0 Å².